The summed E-state index contributed by atoms with van der Waals surface area (Å²) in [5.74, 6) is 1.18. The van der Waals surface area contributed by atoms with Gasteiger partial charge >= 0.3 is 6.01 Å². The van der Waals surface area contributed by atoms with Crippen molar-refractivity contribution in [2.75, 3.05) is 32.2 Å². The van der Waals surface area contributed by atoms with E-state index in [0.29, 0.717) is 42.0 Å². The Hall–Kier alpha value is -3.69. The van der Waals surface area contributed by atoms with Crippen LogP contribution in [0.4, 0.5) is 5.69 Å². The van der Waals surface area contributed by atoms with Gasteiger partial charge in [-0.1, -0.05) is 18.2 Å². The van der Waals surface area contributed by atoms with Crippen LogP contribution in [0.3, 0.4) is 0 Å². The molecule has 2 aromatic heterocycles. The van der Waals surface area contributed by atoms with E-state index in [-0.39, 0.29) is 11.9 Å². The highest BCUT2D eigenvalue weighted by Gasteiger charge is 2.16. The van der Waals surface area contributed by atoms with E-state index in [4.69, 9.17) is 14.2 Å². The molecule has 0 aliphatic carbocycles. The number of nitrogens with one attached hydrogen (secondary N) is 1. The minimum Gasteiger partial charge on any atom is -0.497 e. The molecule has 33 heavy (non-hydrogen) atoms. The minimum absolute atomic E-state index is 0.138. The first-order valence-electron chi connectivity index (χ1n) is 10.4. The average Bonchev–Trinajstić information content (AvgIpc) is 3.53. The van der Waals surface area contributed by atoms with Crippen molar-refractivity contribution in [3.63, 3.8) is 0 Å². The van der Waals surface area contributed by atoms with Crippen molar-refractivity contribution in [3.8, 4) is 28.8 Å². The zero-order valence-electron chi connectivity index (χ0n) is 18.4. The smallest absolute Gasteiger partial charge is 0.336 e. The van der Waals surface area contributed by atoms with Gasteiger partial charge in [0, 0.05) is 17.9 Å². The van der Waals surface area contributed by atoms with E-state index in [1.54, 1.807) is 17.9 Å². The predicted octanol–water partition coefficient (Wildman–Crippen LogP) is 4.67. The average molecular weight is 465 g/mol. The van der Waals surface area contributed by atoms with Gasteiger partial charge in [-0.2, -0.15) is 4.98 Å². The predicted molar refractivity (Wildman–Crippen MR) is 128 cm³/mol. The molecule has 0 bridgehead atoms. The zero-order chi connectivity index (χ0) is 23.0. The molecule has 0 atom stereocenters. The van der Waals surface area contributed by atoms with E-state index in [1.165, 1.54) is 11.3 Å². The number of carbonyl (C=O) groups excluding carboxylic acids is 1. The number of methoxy groups -OCH3 is 1. The van der Waals surface area contributed by atoms with Crippen LogP contribution >= 0.6 is 11.3 Å². The fraction of sp³-hybridized carbons (Fsp3) is 0.208. The van der Waals surface area contributed by atoms with Crippen molar-refractivity contribution in [3.05, 3.63) is 70.9 Å². The maximum atomic E-state index is 12.3. The van der Waals surface area contributed by atoms with Crippen LogP contribution in [0.25, 0.3) is 17.1 Å². The lowest BCUT2D eigenvalue weighted by atomic mass is 10.2. The number of nitrogens with zero attached hydrogens (tertiary/aromatic N) is 3. The van der Waals surface area contributed by atoms with E-state index < -0.39 is 0 Å². The summed E-state index contributed by atoms with van der Waals surface area (Å²) in [5.41, 5.74) is 2.29. The van der Waals surface area contributed by atoms with Crippen molar-refractivity contribution >= 4 is 22.9 Å². The molecule has 0 fully saturated rings. The molecule has 4 aromatic rings. The molecule has 0 aliphatic heterocycles. The van der Waals surface area contributed by atoms with Crippen LogP contribution < -0.4 is 14.8 Å². The summed E-state index contributed by atoms with van der Waals surface area (Å²) in [6.45, 7) is 3.36. The lowest BCUT2D eigenvalue weighted by Crippen LogP contribution is -2.10. The van der Waals surface area contributed by atoms with Gasteiger partial charge in [0.25, 0.3) is 5.91 Å². The standard InChI is InChI=1S/C24H24N4O4S/c1-3-31-13-14-32-24-26-22(17-6-4-7-20(16-17)30-2)28(27-24)19-11-9-18(10-12-19)25-23(29)21-8-5-15-33-21/h4-12,15-16H,3,13-14H2,1-2H3,(H,25,29). The molecular weight excluding hydrogens is 440 g/mol. The second-order valence-electron chi connectivity index (χ2n) is 6.89. The van der Waals surface area contributed by atoms with Crippen molar-refractivity contribution < 1.29 is 19.0 Å². The number of hydrogen-bond donors (Lipinski definition) is 1. The second-order valence-corrected chi connectivity index (χ2v) is 7.83. The summed E-state index contributed by atoms with van der Waals surface area (Å²) >= 11 is 1.40. The molecule has 0 radical (unpaired) electrons. The summed E-state index contributed by atoms with van der Waals surface area (Å²) in [4.78, 5) is 17.6. The largest absolute Gasteiger partial charge is 0.497 e. The molecule has 4 rings (SSSR count). The monoisotopic (exact) mass is 464 g/mol. The first-order chi connectivity index (χ1) is 16.2. The Labute approximate surface area is 195 Å². The quantitative estimate of drug-likeness (QED) is 0.343. The molecule has 2 aromatic carbocycles. The summed E-state index contributed by atoms with van der Waals surface area (Å²) in [7, 11) is 1.62. The third-order valence-corrected chi connectivity index (χ3v) is 5.56. The number of benzene rings is 2. The highest BCUT2D eigenvalue weighted by atomic mass is 32.1. The maximum Gasteiger partial charge on any atom is 0.336 e. The number of rotatable bonds is 10. The lowest BCUT2D eigenvalue weighted by Gasteiger charge is -2.09. The highest BCUT2D eigenvalue weighted by molar-refractivity contribution is 7.12. The third-order valence-electron chi connectivity index (χ3n) is 4.69. The second kappa shape index (κ2) is 10.8. The fourth-order valence-corrected chi connectivity index (χ4v) is 3.72. The summed E-state index contributed by atoms with van der Waals surface area (Å²) in [6, 6.07) is 18.9. The first-order valence-corrected chi connectivity index (χ1v) is 11.3. The van der Waals surface area contributed by atoms with Crippen LogP contribution in [0, 0.1) is 0 Å². The number of thiophene rings is 1. The van der Waals surface area contributed by atoms with Crippen molar-refractivity contribution in [1.82, 2.24) is 14.8 Å². The molecule has 8 nitrogen and oxygen atoms in total. The van der Waals surface area contributed by atoms with Gasteiger partial charge in [-0.3, -0.25) is 4.79 Å². The van der Waals surface area contributed by atoms with Gasteiger partial charge in [-0.05, 0) is 54.8 Å². The number of amides is 1. The fourth-order valence-electron chi connectivity index (χ4n) is 3.11. The van der Waals surface area contributed by atoms with Crippen LogP contribution in [0.5, 0.6) is 11.8 Å². The van der Waals surface area contributed by atoms with E-state index in [2.05, 4.69) is 15.4 Å². The highest BCUT2D eigenvalue weighted by Crippen LogP contribution is 2.27. The molecule has 1 N–H and O–H groups in total. The van der Waals surface area contributed by atoms with Crippen LogP contribution in [-0.4, -0.2) is 47.6 Å². The van der Waals surface area contributed by atoms with Gasteiger partial charge in [-0.25, -0.2) is 4.68 Å². The molecule has 2 heterocycles. The van der Waals surface area contributed by atoms with Crippen LogP contribution in [0.15, 0.2) is 66.0 Å². The molecule has 0 spiro atoms. The molecule has 0 saturated carbocycles. The molecule has 170 valence electrons. The number of ether oxygens (including phenoxy) is 3. The Morgan fingerprint density at radius 2 is 1.94 bits per heavy atom. The SMILES string of the molecule is CCOCCOc1nc(-c2cccc(OC)c2)n(-c2ccc(NC(=O)c3cccs3)cc2)n1. The van der Waals surface area contributed by atoms with E-state index >= 15 is 0 Å². The van der Waals surface area contributed by atoms with Crippen LogP contribution in [-0.2, 0) is 4.74 Å². The van der Waals surface area contributed by atoms with Gasteiger partial charge in [0.05, 0.1) is 24.3 Å². The molecular formula is C24H24N4O4S. The van der Waals surface area contributed by atoms with Crippen molar-refractivity contribution in [2.24, 2.45) is 0 Å². The summed E-state index contributed by atoms with van der Waals surface area (Å²) in [6.07, 6.45) is 0. The van der Waals surface area contributed by atoms with Gasteiger partial charge in [-0.15, -0.1) is 16.4 Å². The Kier molecular flexibility index (Phi) is 7.33. The van der Waals surface area contributed by atoms with Gasteiger partial charge in [0.15, 0.2) is 5.82 Å². The van der Waals surface area contributed by atoms with Crippen molar-refractivity contribution in [2.45, 2.75) is 6.92 Å². The lowest BCUT2D eigenvalue weighted by molar-refractivity contribution is 0.103. The van der Waals surface area contributed by atoms with Gasteiger partial charge < -0.3 is 19.5 Å². The number of aromatic nitrogens is 3. The Morgan fingerprint density at radius 3 is 2.67 bits per heavy atom. The van der Waals surface area contributed by atoms with Crippen LogP contribution in [0.1, 0.15) is 16.6 Å². The Balaban J connectivity index is 1.60. The normalized spacial score (nSPS) is 10.7. The van der Waals surface area contributed by atoms with Crippen LogP contribution in [0.2, 0.25) is 0 Å². The summed E-state index contributed by atoms with van der Waals surface area (Å²) < 4.78 is 18.1. The zero-order valence-corrected chi connectivity index (χ0v) is 19.2. The number of anilines is 1. The van der Waals surface area contributed by atoms with E-state index in [9.17, 15) is 4.79 Å². The van der Waals surface area contributed by atoms with Crippen molar-refractivity contribution in [1.29, 1.82) is 0 Å². The van der Waals surface area contributed by atoms with Gasteiger partial charge in [0.1, 0.15) is 12.4 Å². The maximum absolute atomic E-state index is 12.3. The topological polar surface area (TPSA) is 87.5 Å². The van der Waals surface area contributed by atoms with E-state index in [0.717, 1.165) is 11.3 Å². The minimum atomic E-state index is -0.138. The molecule has 0 aliphatic rings. The Morgan fingerprint density at radius 1 is 1.09 bits per heavy atom. The van der Waals surface area contributed by atoms with Gasteiger partial charge in [0.2, 0.25) is 0 Å². The molecule has 9 heteroatoms. The Bertz CT molecular complexity index is 1190. The van der Waals surface area contributed by atoms with E-state index in [1.807, 2.05) is 66.9 Å². The molecule has 0 unspecified atom stereocenters. The molecule has 0 saturated heterocycles. The summed E-state index contributed by atoms with van der Waals surface area (Å²) in [5, 5.41) is 9.31. The number of hydrogen-bond acceptors (Lipinski definition) is 7. The molecule has 1 amide bonds. The third kappa shape index (κ3) is 5.57. The number of carbonyl (C=O) groups is 1. The first kappa shape index (κ1) is 22.5.